The van der Waals surface area contributed by atoms with Gasteiger partial charge in [-0.3, -0.25) is 4.79 Å². The molecule has 2 rings (SSSR count). The number of carbonyl (C=O) groups is 1. The number of rotatable bonds is 6. The number of anilines is 1. The number of methoxy groups -OCH3 is 2. The lowest BCUT2D eigenvalue weighted by molar-refractivity contribution is -0.122. The molecule has 0 fully saturated rings. The molecule has 122 valence electrons. The molecule has 0 aliphatic carbocycles. The summed E-state index contributed by atoms with van der Waals surface area (Å²) in [6, 6.07) is 12.8. The van der Waals surface area contributed by atoms with Gasteiger partial charge in [-0.2, -0.15) is 0 Å². The maximum absolute atomic E-state index is 12.2. The third-order valence-corrected chi connectivity index (χ3v) is 3.29. The van der Waals surface area contributed by atoms with Gasteiger partial charge >= 0.3 is 0 Å². The second-order valence-electron chi connectivity index (χ2n) is 5.17. The Hall–Kier alpha value is -2.69. The average molecular weight is 315 g/mol. The molecule has 5 heteroatoms. The van der Waals surface area contributed by atoms with E-state index in [2.05, 4.69) is 5.32 Å². The van der Waals surface area contributed by atoms with E-state index in [0.717, 1.165) is 11.3 Å². The summed E-state index contributed by atoms with van der Waals surface area (Å²) in [6.45, 7) is 3.66. The van der Waals surface area contributed by atoms with Crippen LogP contribution in [0.15, 0.2) is 42.5 Å². The van der Waals surface area contributed by atoms with E-state index in [1.807, 2.05) is 31.2 Å². The Bertz CT molecular complexity index is 662. The van der Waals surface area contributed by atoms with Crippen molar-refractivity contribution in [1.82, 2.24) is 0 Å². The molecule has 0 bridgehead atoms. The van der Waals surface area contributed by atoms with Crippen LogP contribution in [-0.4, -0.2) is 26.2 Å². The molecule has 0 aromatic heterocycles. The highest BCUT2D eigenvalue weighted by atomic mass is 16.5. The molecule has 0 saturated heterocycles. The van der Waals surface area contributed by atoms with Crippen LogP contribution in [0.1, 0.15) is 12.5 Å². The van der Waals surface area contributed by atoms with E-state index in [4.69, 9.17) is 14.2 Å². The second kappa shape index (κ2) is 7.54. The molecular formula is C18H21NO4. The van der Waals surface area contributed by atoms with E-state index in [1.165, 1.54) is 0 Å². The first-order chi connectivity index (χ1) is 11.0. The number of nitrogens with one attached hydrogen (secondary N) is 1. The fourth-order valence-corrected chi connectivity index (χ4v) is 2.07. The fourth-order valence-electron chi connectivity index (χ4n) is 2.07. The van der Waals surface area contributed by atoms with Crippen molar-refractivity contribution < 1.29 is 19.0 Å². The van der Waals surface area contributed by atoms with E-state index in [0.29, 0.717) is 17.2 Å². The van der Waals surface area contributed by atoms with Crippen molar-refractivity contribution in [3.8, 4) is 17.2 Å². The van der Waals surface area contributed by atoms with Crippen molar-refractivity contribution >= 4 is 11.6 Å². The predicted octanol–water partition coefficient (Wildman–Crippen LogP) is 3.42. The third kappa shape index (κ3) is 4.64. The van der Waals surface area contributed by atoms with Crippen LogP contribution in [0.4, 0.5) is 5.69 Å². The Morgan fingerprint density at radius 1 is 1.00 bits per heavy atom. The minimum absolute atomic E-state index is 0.225. The Morgan fingerprint density at radius 3 is 2.17 bits per heavy atom. The molecule has 2 aromatic rings. The summed E-state index contributed by atoms with van der Waals surface area (Å²) >= 11 is 0. The highest BCUT2D eigenvalue weighted by Crippen LogP contribution is 2.28. The first-order valence-corrected chi connectivity index (χ1v) is 7.29. The normalized spacial score (nSPS) is 11.5. The maximum atomic E-state index is 12.2. The molecule has 0 unspecified atom stereocenters. The van der Waals surface area contributed by atoms with Crippen molar-refractivity contribution in [3.05, 3.63) is 48.0 Å². The third-order valence-electron chi connectivity index (χ3n) is 3.29. The molecular weight excluding hydrogens is 294 g/mol. The summed E-state index contributed by atoms with van der Waals surface area (Å²) in [5, 5.41) is 2.83. The van der Waals surface area contributed by atoms with Gasteiger partial charge < -0.3 is 19.5 Å². The number of aryl methyl sites for hydroxylation is 1. The Kier molecular flexibility index (Phi) is 5.46. The van der Waals surface area contributed by atoms with Crippen LogP contribution in [0.2, 0.25) is 0 Å². The van der Waals surface area contributed by atoms with E-state index >= 15 is 0 Å². The number of ether oxygens (including phenoxy) is 3. The molecule has 23 heavy (non-hydrogen) atoms. The minimum Gasteiger partial charge on any atom is -0.496 e. The molecule has 0 radical (unpaired) electrons. The van der Waals surface area contributed by atoms with Gasteiger partial charge in [0.25, 0.3) is 5.91 Å². The molecule has 0 aliphatic rings. The average Bonchev–Trinajstić information content (AvgIpc) is 2.54. The van der Waals surface area contributed by atoms with Gasteiger partial charge in [0.1, 0.15) is 17.2 Å². The van der Waals surface area contributed by atoms with E-state index in [1.54, 1.807) is 39.3 Å². The van der Waals surface area contributed by atoms with Gasteiger partial charge in [-0.15, -0.1) is 0 Å². The number of carbonyl (C=O) groups excluding carboxylic acids is 1. The number of hydrogen-bond acceptors (Lipinski definition) is 4. The highest BCUT2D eigenvalue weighted by molar-refractivity contribution is 5.94. The maximum Gasteiger partial charge on any atom is 0.265 e. The topological polar surface area (TPSA) is 56.8 Å². The zero-order valence-electron chi connectivity index (χ0n) is 13.8. The fraction of sp³-hybridized carbons (Fsp3) is 0.278. The Balaban J connectivity index is 2.06. The number of amides is 1. The van der Waals surface area contributed by atoms with Crippen molar-refractivity contribution in [2.45, 2.75) is 20.0 Å². The number of benzene rings is 2. The van der Waals surface area contributed by atoms with Gasteiger partial charge in [0.05, 0.1) is 14.2 Å². The lowest BCUT2D eigenvalue weighted by atomic mass is 10.2. The second-order valence-corrected chi connectivity index (χ2v) is 5.17. The van der Waals surface area contributed by atoms with Crippen LogP contribution in [0, 0.1) is 6.92 Å². The molecule has 1 N–H and O–H groups in total. The zero-order valence-corrected chi connectivity index (χ0v) is 13.8. The van der Waals surface area contributed by atoms with E-state index in [-0.39, 0.29) is 5.91 Å². The summed E-state index contributed by atoms with van der Waals surface area (Å²) in [4.78, 5) is 12.2. The molecule has 5 nitrogen and oxygen atoms in total. The molecule has 0 spiro atoms. The summed E-state index contributed by atoms with van der Waals surface area (Å²) in [5.74, 6) is 1.49. The van der Waals surface area contributed by atoms with Crippen LogP contribution >= 0.6 is 0 Å². The van der Waals surface area contributed by atoms with Crippen molar-refractivity contribution in [1.29, 1.82) is 0 Å². The SMILES string of the molecule is COc1cc(OC)cc(O[C@H](C)C(=O)Nc2cccc(C)c2)c1. The summed E-state index contributed by atoms with van der Waals surface area (Å²) in [5.41, 5.74) is 1.82. The van der Waals surface area contributed by atoms with Crippen LogP contribution < -0.4 is 19.5 Å². The van der Waals surface area contributed by atoms with Crippen LogP contribution in [0.25, 0.3) is 0 Å². The lowest BCUT2D eigenvalue weighted by Crippen LogP contribution is -2.30. The van der Waals surface area contributed by atoms with Crippen LogP contribution in [-0.2, 0) is 4.79 Å². The predicted molar refractivity (Wildman–Crippen MR) is 89.4 cm³/mol. The number of hydrogen-bond donors (Lipinski definition) is 1. The molecule has 1 atom stereocenters. The molecule has 0 aliphatic heterocycles. The Labute approximate surface area is 136 Å². The zero-order chi connectivity index (χ0) is 16.8. The van der Waals surface area contributed by atoms with Crippen molar-refractivity contribution in [3.63, 3.8) is 0 Å². The molecule has 0 heterocycles. The largest absolute Gasteiger partial charge is 0.496 e. The standard InChI is InChI=1S/C18H21NO4/c1-12-6-5-7-14(8-12)19-18(20)13(2)23-17-10-15(21-3)9-16(11-17)22-4/h5-11,13H,1-4H3,(H,19,20)/t13-/m1/s1. The van der Waals surface area contributed by atoms with Crippen LogP contribution in [0.3, 0.4) is 0 Å². The van der Waals surface area contributed by atoms with Gasteiger partial charge in [-0.25, -0.2) is 0 Å². The Morgan fingerprint density at radius 2 is 1.61 bits per heavy atom. The summed E-state index contributed by atoms with van der Waals surface area (Å²) in [7, 11) is 3.12. The van der Waals surface area contributed by atoms with Gasteiger partial charge in [-0.1, -0.05) is 12.1 Å². The first kappa shape index (κ1) is 16.7. The lowest BCUT2D eigenvalue weighted by Gasteiger charge is -2.16. The van der Waals surface area contributed by atoms with E-state index < -0.39 is 6.10 Å². The van der Waals surface area contributed by atoms with Gasteiger partial charge in [0.15, 0.2) is 6.10 Å². The van der Waals surface area contributed by atoms with Crippen LogP contribution in [0.5, 0.6) is 17.2 Å². The monoisotopic (exact) mass is 315 g/mol. The smallest absolute Gasteiger partial charge is 0.265 e. The molecule has 2 aromatic carbocycles. The quantitative estimate of drug-likeness (QED) is 0.887. The van der Waals surface area contributed by atoms with E-state index in [9.17, 15) is 4.79 Å². The first-order valence-electron chi connectivity index (χ1n) is 7.29. The van der Waals surface area contributed by atoms with Gasteiger partial charge in [0.2, 0.25) is 0 Å². The van der Waals surface area contributed by atoms with Gasteiger partial charge in [-0.05, 0) is 31.5 Å². The summed E-state index contributed by atoms with van der Waals surface area (Å²) < 4.78 is 16.1. The van der Waals surface area contributed by atoms with Crippen molar-refractivity contribution in [2.75, 3.05) is 19.5 Å². The van der Waals surface area contributed by atoms with Gasteiger partial charge in [0, 0.05) is 23.9 Å². The van der Waals surface area contributed by atoms with Crippen molar-refractivity contribution in [2.24, 2.45) is 0 Å². The summed E-state index contributed by atoms with van der Waals surface area (Å²) in [6.07, 6.45) is -0.660. The highest BCUT2D eigenvalue weighted by Gasteiger charge is 2.16. The minimum atomic E-state index is -0.660. The molecule has 1 amide bonds. The molecule has 0 saturated carbocycles.